The van der Waals surface area contributed by atoms with Crippen LogP contribution in [0, 0.1) is 0 Å². The number of hydrogen-bond acceptors (Lipinski definition) is 3. The molecule has 0 amide bonds. The summed E-state index contributed by atoms with van der Waals surface area (Å²) < 4.78 is 5.56. The average molecular weight is 396 g/mol. The molecule has 4 heteroatoms. The predicted octanol–water partition coefficient (Wildman–Crippen LogP) is 4.60. The zero-order valence-corrected chi connectivity index (χ0v) is 16.6. The van der Waals surface area contributed by atoms with Crippen molar-refractivity contribution in [2.45, 2.75) is 25.5 Å². The average Bonchev–Trinajstić information content (AvgIpc) is 2.73. The Hall–Kier alpha value is -2.62. The number of benzene rings is 3. The van der Waals surface area contributed by atoms with E-state index in [2.05, 4.69) is 17.4 Å². The maximum Gasteiger partial charge on any atom is 0.323 e. The summed E-state index contributed by atoms with van der Waals surface area (Å²) in [4.78, 5) is 12.7. The van der Waals surface area contributed by atoms with E-state index in [1.807, 2.05) is 78.9 Å². The van der Waals surface area contributed by atoms with Crippen molar-refractivity contribution in [2.24, 2.45) is 0 Å². The van der Waals surface area contributed by atoms with Gasteiger partial charge in [0, 0.05) is 0 Å². The third-order valence-corrected chi connectivity index (χ3v) is 4.44. The van der Waals surface area contributed by atoms with Gasteiger partial charge in [0.1, 0.15) is 12.6 Å². The highest BCUT2D eigenvalue weighted by Crippen LogP contribution is 2.08. The lowest BCUT2D eigenvalue weighted by Crippen LogP contribution is -2.40. The minimum Gasteiger partial charge on any atom is -0.460 e. The molecule has 0 bridgehead atoms. The lowest BCUT2D eigenvalue weighted by Gasteiger charge is -2.18. The number of esters is 1. The highest BCUT2D eigenvalue weighted by atomic mass is 35.5. The van der Waals surface area contributed by atoms with Crippen LogP contribution in [0.4, 0.5) is 0 Å². The molecule has 0 aromatic heterocycles. The highest BCUT2D eigenvalue weighted by molar-refractivity contribution is 5.85. The van der Waals surface area contributed by atoms with Crippen LogP contribution in [-0.2, 0) is 29.0 Å². The monoisotopic (exact) mass is 395 g/mol. The molecule has 0 heterocycles. The summed E-state index contributed by atoms with van der Waals surface area (Å²) in [5, 5.41) is 3.38. The maximum atomic E-state index is 12.7. The van der Waals surface area contributed by atoms with Gasteiger partial charge in [-0.25, -0.2) is 0 Å². The SMILES string of the molecule is Cl.O=C(OCc1ccccc1)[C@H](Cc1ccccc1)NCCc1ccccc1. The molecule has 0 fully saturated rings. The van der Waals surface area contributed by atoms with Crippen molar-refractivity contribution in [1.82, 2.24) is 5.32 Å². The molecular formula is C24H26ClNO2. The zero-order chi connectivity index (χ0) is 18.7. The van der Waals surface area contributed by atoms with Crippen molar-refractivity contribution in [2.75, 3.05) is 6.54 Å². The van der Waals surface area contributed by atoms with Gasteiger partial charge in [0.25, 0.3) is 0 Å². The molecule has 3 aromatic rings. The van der Waals surface area contributed by atoms with Crippen LogP contribution in [0.25, 0.3) is 0 Å². The van der Waals surface area contributed by atoms with E-state index in [1.165, 1.54) is 5.56 Å². The Balaban J connectivity index is 0.00000280. The van der Waals surface area contributed by atoms with Crippen molar-refractivity contribution < 1.29 is 9.53 Å². The largest absolute Gasteiger partial charge is 0.460 e. The van der Waals surface area contributed by atoms with Gasteiger partial charge in [-0.05, 0) is 36.1 Å². The molecule has 0 aliphatic rings. The van der Waals surface area contributed by atoms with Gasteiger partial charge in [-0.15, -0.1) is 12.4 Å². The second kappa shape index (κ2) is 12.0. The van der Waals surface area contributed by atoms with Gasteiger partial charge in [0.15, 0.2) is 0 Å². The van der Waals surface area contributed by atoms with E-state index in [4.69, 9.17) is 4.74 Å². The molecule has 1 atom stereocenters. The van der Waals surface area contributed by atoms with Crippen LogP contribution < -0.4 is 5.32 Å². The highest BCUT2D eigenvalue weighted by Gasteiger charge is 2.20. The summed E-state index contributed by atoms with van der Waals surface area (Å²) in [5.74, 6) is -0.212. The van der Waals surface area contributed by atoms with Gasteiger partial charge in [0.2, 0.25) is 0 Å². The number of carbonyl (C=O) groups excluding carboxylic acids is 1. The first-order valence-electron chi connectivity index (χ1n) is 9.33. The maximum absolute atomic E-state index is 12.7. The minimum absolute atomic E-state index is 0. The van der Waals surface area contributed by atoms with E-state index in [1.54, 1.807) is 0 Å². The summed E-state index contributed by atoms with van der Waals surface area (Å²) in [6, 6.07) is 29.7. The Morgan fingerprint density at radius 3 is 1.82 bits per heavy atom. The van der Waals surface area contributed by atoms with Gasteiger partial charge >= 0.3 is 5.97 Å². The molecule has 3 nitrogen and oxygen atoms in total. The number of carbonyl (C=O) groups is 1. The van der Waals surface area contributed by atoms with Crippen LogP contribution in [0.2, 0.25) is 0 Å². The van der Waals surface area contributed by atoms with Crippen molar-refractivity contribution in [3.05, 3.63) is 108 Å². The third kappa shape index (κ3) is 7.18. The zero-order valence-electron chi connectivity index (χ0n) is 15.8. The second-order valence-electron chi connectivity index (χ2n) is 6.53. The fourth-order valence-electron chi connectivity index (χ4n) is 2.95. The molecule has 0 saturated heterocycles. The first-order chi connectivity index (χ1) is 13.3. The normalized spacial score (nSPS) is 11.3. The second-order valence-corrected chi connectivity index (χ2v) is 6.53. The van der Waals surface area contributed by atoms with Crippen LogP contribution in [0.5, 0.6) is 0 Å². The number of halogens is 1. The van der Waals surface area contributed by atoms with Gasteiger partial charge in [-0.3, -0.25) is 4.79 Å². The first kappa shape index (κ1) is 21.7. The summed E-state index contributed by atoms with van der Waals surface area (Å²) >= 11 is 0. The smallest absolute Gasteiger partial charge is 0.323 e. The molecule has 0 saturated carbocycles. The van der Waals surface area contributed by atoms with Crippen LogP contribution in [-0.4, -0.2) is 18.6 Å². The molecular weight excluding hydrogens is 370 g/mol. The van der Waals surface area contributed by atoms with E-state index in [-0.39, 0.29) is 24.4 Å². The number of ether oxygens (including phenoxy) is 1. The lowest BCUT2D eigenvalue weighted by atomic mass is 10.1. The van der Waals surface area contributed by atoms with Crippen LogP contribution in [0.1, 0.15) is 16.7 Å². The van der Waals surface area contributed by atoms with E-state index in [0.717, 1.165) is 24.1 Å². The molecule has 0 aliphatic heterocycles. The summed E-state index contributed by atoms with van der Waals surface area (Å²) in [6.07, 6.45) is 1.49. The molecule has 28 heavy (non-hydrogen) atoms. The van der Waals surface area contributed by atoms with Gasteiger partial charge in [-0.2, -0.15) is 0 Å². The summed E-state index contributed by atoms with van der Waals surface area (Å²) in [5.41, 5.74) is 3.36. The summed E-state index contributed by atoms with van der Waals surface area (Å²) in [6.45, 7) is 1.02. The van der Waals surface area contributed by atoms with E-state index >= 15 is 0 Å². The fraction of sp³-hybridized carbons (Fsp3) is 0.208. The molecule has 3 rings (SSSR count). The van der Waals surface area contributed by atoms with Crippen LogP contribution in [0.15, 0.2) is 91.0 Å². The molecule has 1 N–H and O–H groups in total. The van der Waals surface area contributed by atoms with Crippen molar-refractivity contribution in [1.29, 1.82) is 0 Å². The number of nitrogens with one attached hydrogen (secondary N) is 1. The van der Waals surface area contributed by atoms with E-state index < -0.39 is 0 Å². The molecule has 0 radical (unpaired) electrons. The van der Waals surface area contributed by atoms with Gasteiger partial charge < -0.3 is 10.1 Å². The summed E-state index contributed by atoms with van der Waals surface area (Å²) in [7, 11) is 0. The van der Waals surface area contributed by atoms with Crippen LogP contribution >= 0.6 is 12.4 Å². The Bertz CT molecular complexity index is 810. The molecule has 0 aliphatic carbocycles. The quantitative estimate of drug-likeness (QED) is 0.538. The van der Waals surface area contributed by atoms with Crippen LogP contribution in [0.3, 0.4) is 0 Å². The molecule has 3 aromatic carbocycles. The third-order valence-electron chi connectivity index (χ3n) is 4.44. The molecule has 146 valence electrons. The van der Waals surface area contributed by atoms with E-state index in [0.29, 0.717) is 13.0 Å². The van der Waals surface area contributed by atoms with Gasteiger partial charge in [-0.1, -0.05) is 91.0 Å². The lowest BCUT2D eigenvalue weighted by molar-refractivity contribution is -0.147. The number of rotatable bonds is 9. The van der Waals surface area contributed by atoms with Crippen molar-refractivity contribution in [3.63, 3.8) is 0 Å². The minimum atomic E-state index is -0.361. The number of hydrogen-bond donors (Lipinski definition) is 1. The Labute approximate surface area is 173 Å². The molecule has 0 unspecified atom stereocenters. The topological polar surface area (TPSA) is 38.3 Å². The van der Waals surface area contributed by atoms with Gasteiger partial charge in [0.05, 0.1) is 0 Å². The van der Waals surface area contributed by atoms with Crippen molar-refractivity contribution in [3.8, 4) is 0 Å². The Kier molecular flexibility index (Phi) is 9.26. The fourth-order valence-corrected chi connectivity index (χ4v) is 2.95. The Morgan fingerprint density at radius 2 is 1.25 bits per heavy atom. The standard InChI is InChI=1S/C24H25NO2.ClH/c26-24(27-19-22-14-8-3-9-15-22)23(18-21-12-6-2-7-13-21)25-17-16-20-10-4-1-5-11-20;/h1-15,23,25H,16-19H2;1H/t23-;/m0./s1. The van der Waals surface area contributed by atoms with E-state index in [9.17, 15) is 4.79 Å². The van der Waals surface area contributed by atoms with Crippen molar-refractivity contribution >= 4 is 18.4 Å². The predicted molar refractivity (Wildman–Crippen MR) is 116 cm³/mol. The first-order valence-corrected chi connectivity index (χ1v) is 9.33. The molecule has 0 spiro atoms. The Morgan fingerprint density at radius 1 is 0.750 bits per heavy atom.